The van der Waals surface area contributed by atoms with Gasteiger partial charge in [-0.15, -0.1) is 0 Å². The Hall–Kier alpha value is -4.20. The molecule has 3 saturated heterocycles. The number of aromatic nitrogens is 4. The Balaban J connectivity index is 1.21. The van der Waals surface area contributed by atoms with Crippen LogP contribution in [-0.4, -0.2) is 74.7 Å². The maximum atomic E-state index is 9.72. The Bertz CT molecular complexity index is 1510. The number of benzene rings is 1. The lowest BCUT2D eigenvalue weighted by molar-refractivity contribution is -0.00876. The van der Waals surface area contributed by atoms with E-state index in [9.17, 15) is 10.4 Å². The molecule has 0 saturated carbocycles. The zero-order valence-electron chi connectivity index (χ0n) is 22.3. The summed E-state index contributed by atoms with van der Waals surface area (Å²) in [6.07, 6.45) is 4.36. The number of nitrogens with zero attached hydrogens (tertiary/aromatic N) is 7. The fourth-order valence-corrected chi connectivity index (χ4v) is 5.67. The van der Waals surface area contributed by atoms with Crippen molar-refractivity contribution in [2.45, 2.75) is 38.1 Å². The van der Waals surface area contributed by atoms with Crippen molar-refractivity contribution in [1.29, 1.82) is 5.26 Å². The maximum absolute atomic E-state index is 9.72. The first-order valence-electron chi connectivity index (χ1n) is 13.1. The zero-order chi connectivity index (χ0) is 27.1. The molecule has 2 bridgehead atoms. The molecular formula is C29H31N7O3. The van der Waals surface area contributed by atoms with E-state index in [1.54, 1.807) is 18.7 Å². The van der Waals surface area contributed by atoms with E-state index < -0.39 is 6.10 Å². The van der Waals surface area contributed by atoms with Crippen molar-refractivity contribution in [1.82, 2.24) is 24.6 Å². The van der Waals surface area contributed by atoms with Gasteiger partial charge in [-0.2, -0.15) is 10.4 Å². The average molecular weight is 526 g/mol. The van der Waals surface area contributed by atoms with Crippen molar-refractivity contribution in [3.8, 4) is 28.8 Å². The predicted molar refractivity (Wildman–Crippen MR) is 147 cm³/mol. The Kier molecular flexibility index (Phi) is 6.54. The summed E-state index contributed by atoms with van der Waals surface area (Å²) in [5, 5.41) is 24.6. The summed E-state index contributed by atoms with van der Waals surface area (Å²) in [7, 11) is 3.44. The quantitative estimate of drug-likeness (QED) is 0.371. The smallest absolute Gasteiger partial charge is 0.212 e. The van der Waals surface area contributed by atoms with Gasteiger partial charge in [0.2, 0.25) is 5.88 Å². The van der Waals surface area contributed by atoms with Gasteiger partial charge < -0.3 is 19.5 Å². The van der Waals surface area contributed by atoms with E-state index in [4.69, 9.17) is 14.5 Å². The van der Waals surface area contributed by atoms with Crippen LogP contribution in [0.5, 0.6) is 11.6 Å². The highest BCUT2D eigenvalue weighted by atomic mass is 16.5. The van der Waals surface area contributed by atoms with Crippen LogP contribution in [0.1, 0.15) is 24.6 Å². The minimum atomic E-state index is -0.592. The van der Waals surface area contributed by atoms with Crippen molar-refractivity contribution in [3.05, 3.63) is 60.0 Å². The van der Waals surface area contributed by atoms with E-state index in [0.29, 0.717) is 29.4 Å². The van der Waals surface area contributed by atoms with Crippen LogP contribution in [0.4, 0.5) is 5.82 Å². The molecule has 10 nitrogen and oxygen atoms in total. The lowest BCUT2D eigenvalue weighted by Gasteiger charge is -2.56. The number of aliphatic hydroxyl groups is 1. The summed E-state index contributed by atoms with van der Waals surface area (Å²) in [6.45, 7) is 4.61. The molecule has 0 radical (unpaired) electrons. The van der Waals surface area contributed by atoms with Gasteiger partial charge in [0.1, 0.15) is 24.2 Å². The summed E-state index contributed by atoms with van der Waals surface area (Å²) in [6, 6.07) is 15.0. The van der Waals surface area contributed by atoms with E-state index in [2.05, 4.69) is 38.1 Å². The molecule has 1 N–H and O–H groups in total. The van der Waals surface area contributed by atoms with Gasteiger partial charge in [0.25, 0.3) is 0 Å². The molecule has 39 heavy (non-hydrogen) atoms. The first-order valence-corrected chi connectivity index (χ1v) is 13.1. The fraction of sp³-hybridized carbons (Fsp3) is 0.379. The van der Waals surface area contributed by atoms with Crippen LogP contribution in [0.25, 0.3) is 22.0 Å². The van der Waals surface area contributed by atoms with Crippen LogP contribution in [0.15, 0.2) is 48.8 Å². The summed E-state index contributed by atoms with van der Waals surface area (Å²) < 4.78 is 12.7. The van der Waals surface area contributed by atoms with Gasteiger partial charge in [-0.25, -0.2) is 9.97 Å². The number of hydrogen-bond acceptors (Lipinski definition) is 9. The molecule has 6 heterocycles. The number of piperidine rings is 1. The van der Waals surface area contributed by atoms with Crippen molar-refractivity contribution in [2.75, 3.05) is 31.7 Å². The van der Waals surface area contributed by atoms with E-state index in [1.807, 2.05) is 43.7 Å². The molecule has 1 aromatic carbocycles. The molecule has 3 aliphatic heterocycles. The van der Waals surface area contributed by atoms with Crippen LogP contribution in [0, 0.1) is 11.3 Å². The van der Waals surface area contributed by atoms with E-state index in [0.717, 1.165) is 47.5 Å². The first-order chi connectivity index (χ1) is 18.9. The zero-order valence-corrected chi connectivity index (χ0v) is 22.3. The largest absolute Gasteiger partial charge is 0.491 e. The first kappa shape index (κ1) is 25.1. The molecule has 3 fully saturated rings. The Morgan fingerprint density at radius 2 is 1.95 bits per heavy atom. The summed E-state index contributed by atoms with van der Waals surface area (Å²) in [5.74, 6) is 2.19. The SMILES string of the molecule is COc1ccc(CN2C3CC2CN(c2ccc(-c4cc(OC[C@@H](C)O)cc5c4c(C#N)nn5C)cn2)C3)cn1. The van der Waals surface area contributed by atoms with Crippen LogP contribution < -0.4 is 14.4 Å². The maximum Gasteiger partial charge on any atom is 0.212 e. The molecule has 7 rings (SSSR count). The molecule has 3 aromatic heterocycles. The number of hydrogen-bond donors (Lipinski definition) is 1. The number of rotatable bonds is 8. The highest BCUT2D eigenvalue weighted by Crippen LogP contribution is 2.38. The van der Waals surface area contributed by atoms with Crippen molar-refractivity contribution < 1.29 is 14.6 Å². The molecule has 3 aliphatic rings. The third kappa shape index (κ3) is 4.75. The number of aryl methyl sites for hydroxylation is 1. The van der Waals surface area contributed by atoms with Gasteiger partial charge in [0.05, 0.1) is 18.7 Å². The number of anilines is 1. The van der Waals surface area contributed by atoms with Crippen LogP contribution in [0.3, 0.4) is 0 Å². The van der Waals surface area contributed by atoms with Gasteiger partial charge in [0.15, 0.2) is 5.69 Å². The minimum Gasteiger partial charge on any atom is -0.491 e. The molecule has 0 amide bonds. The second-order valence-electron chi connectivity index (χ2n) is 10.3. The topological polar surface area (TPSA) is 113 Å². The molecule has 3 atom stereocenters. The average Bonchev–Trinajstić information content (AvgIpc) is 3.30. The van der Waals surface area contributed by atoms with E-state index in [-0.39, 0.29) is 6.61 Å². The minimum absolute atomic E-state index is 0.175. The van der Waals surface area contributed by atoms with Gasteiger partial charge in [0, 0.05) is 74.2 Å². The number of aliphatic hydroxyl groups excluding tert-OH is 1. The number of methoxy groups -OCH3 is 1. The van der Waals surface area contributed by atoms with E-state index in [1.165, 1.54) is 12.0 Å². The third-order valence-electron chi connectivity index (χ3n) is 7.62. The lowest BCUT2D eigenvalue weighted by atomic mass is 9.87. The van der Waals surface area contributed by atoms with Crippen LogP contribution in [0.2, 0.25) is 0 Å². The molecular weight excluding hydrogens is 494 g/mol. The Morgan fingerprint density at radius 3 is 2.59 bits per heavy atom. The number of fused-ring (bicyclic) bond motifs is 3. The third-order valence-corrected chi connectivity index (χ3v) is 7.62. The number of pyridine rings is 2. The predicted octanol–water partition coefficient (Wildman–Crippen LogP) is 3.13. The number of nitriles is 1. The van der Waals surface area contributed by atoms with Crippen LogP contribution in [-0.2, 0) is 13.6 Å². The molecule has 4 aromatic rings. The van der Waals surface area contributed by atoms with Gasteiger partial charge in [-0.05, 0) is 42.7 Å². The molecule has 0 aliphatic carbocycles. The normalized spacial score (nSPS) is 19.4. The molecule has 2 unspecified atom stereocenters. The molecule has 10 heteroatoms. The van der Waals surface area contributed by atoms with Gasteiger partial charge >= 0.3 is 0 Å². The second kappa shape index (κ2) is 10.2. The number of piperazine rings is 1. The van der Waals surface area contributed by atoms with E-state index >= 15 is 0 Å². The standard InChI is InChI=1S/C29H31N7O3/c1-18(37)17-39-23-9-24(29-25(11-30)33-34(2)26(29)10-23)20-5-6-27(31-13-20)35-15-21-8-22(16-35)36(21)14-19-4-7-28(38-3)32-12-19/h4-7,9-10,12-13,18,21-22,37H,8,14-17H2,1-3H3/t18-,21?,22?/m1/s1. The summed E-state index contributed by atoms with van der Waals surface area (Å²) in [4.78, 5) is 14.1. The second-order valence-corrected chi connectivity index (χ2v) is 10.3. The van der Waals surface area contributed by atoms with Gasteiger partial charge in [-0.3, -0.25) is 9.58 Å². The van der Waals surface area contributed by atoms with Gasteiger partial charge in [-0.1, -0.05) is 6.07 Å². The van der Waals surface area contributed by atoms with Crippen molar-refractivity contribution in [3.63, 3.8) is 0 Å². The van der Waals surface area contributed by atoms with Crippen molar-refractivity contribution >= 4 is 16.7 Å². The Labute approximate surface area is 227 Å². The summed E-state index contributed by atoms with van der Waals surface area (Å²) >= 11 is 0. The molecule has 0 spiro atoms. The number of ether oxygens (including phenoxy) is 2. The monoisotopic (exact) mass is 525 g/mol. The van der Waals surface area contributed by atoms with Crippen molar-refractivity contribution in [2.24, 2.45) is 7.05 Å². The lowest BCUT2D eigenvalue weighted by Crippen LogP contribution is -2.68. The molecule has 200 valence electrons. The Morgan fingerprint density at radius 1 is 1.13 bits per heavy atom. The highest BCUT2D eigenvalue weighted by molar-refractivity contribution is 5.99. The fourth-order valence-electron chi connectivity index (χ4n) is 5.67. The summed E-state index contributed by atoms with van der Waals surface area (Å²) in [5.41, 5.74) is 4.05. The highest BCUT2D eigenvalue weighted by Gasteiger charge is 2.44. The van der Waals surface area contributed by atoms with Crippen LogP contribution >= 0.6 is 0 Å².